The van der Waals surface area contributed by atoms with Gasteiger partial charge < -0.3 is 10.4 Å². The molecule has 1 amide bonds. The molecule has 1 heterocycles. The van der Waals surface area contributed by atoms with Crippen molar-refractivity contribution in [2.75, 3.05) is 6.61 Å². The molecular weight excluding hydrogens is 240 g/mol. The van der Waals surface area contributed by atoms with Crippen molar-refractivity contribution in [3.63, 3.8) is 0 Å². The fourth-order valence-electron chi connectivity index (χ4n) is 1.28. The molecule has 18 heavy (non-hydrogen) atoms. The molecule has 2 unspecified atom stereocenters. The molecule has 1 aromatic rings. The van der Waals surface area contributed by atoms with E-state index in [0.29, 0.717) is 0 Å². The van der Waals surface area contributed by atoms with Crippen molar-refractivity contribution < 1.29 is 14.8 Å². The van der Waals surface area contributed by atoms with Gasteiger partial charge in [-0.2, -0.15) is 5.10 Å². The van der Waals surface area contributed by atoms with Crippen LogP contribution in [0.2, 0.25) is 0 Å². The van der Waals surface area contributed by atoms with E-state index in [9.17, 15) is 14.9 Å². The number of carbonyl (C=O) groups excluding carboxylic acids is 1. The van der Waals surface area contributed by atoms with Gasteiger partial charge in [0.05, 0.1) is 4.92 Å². The molecule has 0 fully saturated rings. The quantitative estimate of drug-likeness (QED) is 0.546. The summed E-state index contributed by atoms with van der Waals surface area (Å²) in [6, 6.07) is -0.173. The van der Waals surface area contributed by atoms with E-state index in [0.717, 1.165) is 6.20 Å². The van der Waals surface area contributed by atoms with Gasteiger partial charge in [-0.3, -0.25) is 19.6 Å². The van der Waals surface area contributed by atoms with Gasteiger partial charge in [-0.25, -0.2) is 0 Å². The minimum absolute atomic E-state index is 0.0192. The number of carbonyl (C=O) groups is 1. The van der Waals surface area contributed by atoms with Crippen molar-refractivity contribution in [3.8, 4) is 0 Å². The van der Waals surface area contributed by atoms with Crippen LogP contribution in [-0.4, -0.2) is 38.4 Å². The average molecular weight is 256 g/mol. The number of hydrogen-bond acceptors (Lipinski definition) is 5. The number of aliphatic hydroxyl groups excluding tert-OH is 1. The lowest BCUT2D eigenvalue weighted by Crippen LogP contribution is -2.40. The number of rotatable bonds is 6. The van der Waals surface area contributed by atoms with Crippen molar-refractivity contribution in [1.82, 2.24) is 15.1 Å². The van der Waals surface area contributed by atoms with Crippen molar-refractivity contribution in [1.29, 1.82) is 0 Å². The van der Waals surface area contributed by atoms with Crippen LogP contribution in [0, 0.1) is 16.0 Å². The summed E-state index contributed by atoms with van der Waals surface area (Å²) in [7, 11) is 0. The number of nitro groups is 1. The Bertz CT molecular complexity index is 431. The fourth-order valence-corrected chi connectivity index (χ4v) is 1.28. The SMILES string of the molecule is CC(CO)C(C)NC(=O)Cn1cc([N+](=O)[O-])cn1. The summed E-state index contributed by atoms with van der Waals surface area (Å²) in [4.78, 5) is 21.5. The monoisotopic (exact) mass is 256 g/mol. The molecule has 0 aliphatic heterocycles. The highest BCUT2D eigenvalue weighted by Gasteiger charge is 2.15. The van der Waals surface area contributed by atoms with E-state index in [2.05, 4.69) is 10.4 Å². The van der Waals surface area contributed by atoms with E-state index in [1.165, 1.54) is 10.9 Å². The Hall–Kier alpha value is -1.96. The molecule has 2 atom stereocenters. The number of hydrogen-bond donors (Lipinski definition) is 2. The predicted molar refractivity (Wildman–Crippen MR) is 62.7 cm³/mol. The molecule has 0 radical (unpaired) electrons. The molecule has 0 aliphatic rings. The van der Waals surface area contributed by atoms with Gasteiger partial charge in [0.2, 0.25) is 5.91 Å². The maximum Gasteiger partial charge on any atom is 0.307 e. The molecule has 0 saturated carbocycles. The number of nitrogens with zero attached hydrogens (tertiary/aromatic N) is 3. The van der Waals surface area contributed by atoms with Crippen LogP contribution in [-0.2, 0) is 11.3 Å². The average Bonchev–Trinajstić information content (AvgIpc) is 2.76. The lowest BCUT2D eigenvalue weighted by molar-refractivity contribution is -0.385. The zero-order chi connectivity index (χ0) is 13.7. The Labute approximate surface area is 104 Å². The van der Waals surface area contributed by atoms with Crippen LogP contribution >= 0.6 is 0 Å². The highest BCUT2D eigenvalue weighted by molar-refractivity contribution is 5.76. The highest BCUT2D eigenvalue weighted by atomic mass is 16.6. The van der Waals surface area contributed by atoms with Crippen molar-refractivity contribution in [3.05, 3.63) is 22.5 Å². The molecule has 0 spiro atoms. The predicted octanol–water partition coefficient (Wildman–Crippen LogP) is -0.0756. The Morgan fingerprint density at radius 1 is 1.67 bits per heavy atom. The van der Waals surface area contributed by atoms with Gasteiger partial charge in [0, 0.05) is 12.6 Å². The van der Waals surface area contributed by atoms with Gasteiger partial charge in [0.25, 0.3) is 0 Å². The third kappa shape index (κ3) is 3.81. The normalized spacial score (nSPS) is 13.9. The van der Waals surface area contributed by atoms with Crippen LogP contribution < -0.4 is 5.32 Å². The lowest BCUT2D eigenvalue weighted by atomic mass is 10.1. The Morgan fingerprint density at radius 3 is 2.83 bits per heavy atom. The molecule has 0 aromatic carbocycles. The van der Waals surface area contributed by atoms with Gasteiger partial charge >= 0.3 is 5.69 Å². The number of nitrogens with one attached hydrogen (secondary N) is 1. The summed E-state index contributed by atoms with van der Waals surface area (Å²) in [5.74, 6) is -0.360. The maximum absolute atomic E-state index is 11.6. The molecule has 0 saturated heterocycles. The first-order valence-corrected chi connectivity index (χ1v) is 5.51. The summed E-state index contributed by atoms with van der Waals surface area (Å²) in [5, 5.41) is 25.8. The van der Waals surface area contributed by atoms with E-state index < -0.39 is 4.92 Å². The third-order valence-corrected chi connectivity index (χ3v) is 2.67. The molecule has 0 bridgehead atoms. The smallest absolute Gasteiger partial charge is 0.307 e. The van der Waals surface area contributed by atoms with E-state index in [4.69, 9.17) is 5.11 Å². The maximum atomic E-state index is 11.6. The molecule has 0 aliphatic carbocycles. The van der Waals surface area contributed by atoms with Gasteiger partial charge in [0.1, 0.15) is 18.9 Å². The zero-order valence-electron chi connectivity index (χ0n) is 10.2. The van der Waals surface area contributed by atoms with E-state index >= 15 is 0 Å². The lowest BCUT2D eigenvalue weighted by Gasteiger charge is -2.19. The minimum Gasteiger partial charge on any atom is -0.396 e. The fraction of sp³-hybridized carbons (Fsp3) is 0.600. The van der Waals surface area contributed by atoms with Gasteiger partial charge in [-0.1, -0.05) is 6.92 Å². The van der Waals surface area contributed by atoms with Crippen LogP contribution in [0.15, 0.2) is 12.4 Å². The second-order valence-corrected chi connectivity index (χ2v) is 4.17. The van der Waals surface area contributed by atoms with E-state index in [1.807, 2.05) is 6.92 Å². The molecule has 8 nitrogen and oxygen atoms in total. The second-order valence-electron chi connectivity index (χ2n) is 4.17. The first-order valence-electron chi connectivity index (χ1n) is 5.51. The molecular formula is C10H16N4O4. The van der Waals surface area contributed by atoms with Crippen LogP contribution in [0.3, 0.4) is 0 Å². The second kappa shape index (κ2) is 6.10. The van der Waals surface area contributed by atoms with Gasteiger partial charge in [-0.15, -0.1) is 0 Å². The molecule has 1 rings (SSSR count). The molecule has 1 aromatic heterocycles. The van der Waals surface area contributed by atoms with Crippen molar-refractivity contribution in [2.24, 2.45) is 5.92 Å². The van der Waals surface area contributed by atoms with Crippen LogP contribution in [0.5, 0.6) is 0 Å². The highest BCUT2D eigenvalue weighted by Crippen LogP contribution is 2.07. The number of aromatic nitrogens is 2. The van der Waals surface area contributed by atoms with Crippen LogP contribution in [0.1, 0.15) is 13.8 Å². The first kappa shape index (κ1) is 14.1. The molecule has 100 valence electrons. The molecule has 8 heteroatoms. The minimum atomic E-state index is -0.572. The summed E-state index contributed by atoms with van der Waals surface area (Å²) < 4.78 is 1.20. The van der Waals surface area contributed by atoms with Gasteiger partial charge in [0.15, 0.2) is 0 Å². The Kier molecular flexibility index (Phi) is 4.78. The number of aliphatic hydroxyl groups is 1. The van der Waals surface area contributed by atoms with E-state index in [1.54, 1.807) is 6.92 Å². The summed E-state index contributed by atoms with van der Waals surface area (Å²) in [5.41, 5.74) is -0.153. The standard InChI is InChI=1S/C10H16N4O4/c1-7(6-15)8(2)12-10(16)5-13-4-9(3-11-13)14(17)18/h3-4,7-8,15H,5-6H2,1-2H3,(H,12,16). The van der Waals surface area contributed by atoms with Crippen molar-refractivity contribution in [2.45, 2.75) is 26.4 Å². The third-order valence-electron chi connectivity index (χ3n) is 2.67. The van der Waals surface area contributed by atoms with Crippen LogP contribution in [0.25, 0.3) is 0 Å². The van der Waals surface area contributed by atoms with Gasteiger partial charge in [-0.05, 0) is 12.8 Å². The number of amides is 1. The zero-order valence-corrected chi connectivity index (χ0v) is 10.2. The Balaban J connectivity index is 2.51. The molecule has 2 N–H and O–H groups in total. The topological polar surface area (TPSA) is 110 Å². The Morgan fingerprint density at radius 2 is 2.33 bits per heavy atom. The van der Waals surface area contributed by atoms with E-state index in [-0.39, 0.29) is 36.7 Å². The largest absolute Gasteiger partial charge is 0.396 e. The van der Waals surface area contributed by atoms with Crippen LogP contribution in [0.4, 0.5) is 5.69 Å². The summed E-state index contributed by atoms with van der Waals surface area (Å²) in [6.07, 6.45) is 2.28. The summed E-state index contributed by atoms with van der Waals surface area (Å²) in [6.45, 7) is 3.49. The first-order chi connectivity index (χ1) is 8.43. The summed E-state index contributed by atoms with van der Waals surface area (Å²) >= 11 is 0. The van der Waals surface area contributed by atoms with Crippen molar-refractivity contribution >= 4 is 11.6 Å².